The zero-order valence-electron chi connectivity index (χ0n) is 12.4. The lowest BCUT2D eigenvalue weighted by Crippen LogP contribution is -2.44. The number of Topliss-reactive ketones (excluding diaryl/α,β-unsaturated/α-hetero) is 1. The van der Waals surface area contributed by atoms with Crippen LogP contribution in [0, 0.1) is 0 Å². The standard InChI is InChI=1S/C15H28O4/c1-3-4-5-6-7-8-9-10-11-17-15(2)18-12-14(16)13-19-15/h3-13H2,1-2H3. The molecule has 0 radical (unpaired) electrons. The molecule has 0 saturated carbocycles. The van der Waals surface area contributed by atoms with Gasteiger partial charge in [0.05, 0.1) is 6.61 Å². The van der Waals surface area contributed by atoms with Gasteiger partial charge >= 0.3 is 0 Å². The summed E-state index contributed by atoms with van der Waals surface area (Å²) < 4.78 is 16.1. The van der Waals surface area contributed by atoms with E-state index in [1.54, 1.807) is 6.92 Å². The van der Waals surface area contributed by atoms with Gasteiger partial charge in [-0.2, -0.15) is 0 Å². The van der Waals surface area contributed by atoms with E-state index in [-0.39, 0.29) is 19.0 Å². The summed E-state index contributed by atoms with van der Waals surface area (Å²) in [7, 11) is 0. The number of rotatable bonds is 10. The number of ether oxygens (including phenoxy) is 3. The maximum Gasteiger partial charge on any atom is 0.280 e. The molecular weight excluding hydrogens is 244 g/mol. The van der Waals surface area contributed by atoms with Gasteiger partial charge in [-0.05, 0) is 6.42 Å². The van der Waals surface area contributed by atoms with Gasteiger partial charge in [-0.1, -0.05) is 51.9 Å². The lowest BCUT2D eigenvalue weighted by Gasteiger charge is -2.32. The molecule has 19 heavy (non-hydrogen) atoms. The molecule has 0 unspecified atom stereocenters. The lowest BCUT2D eigenvalue weighted by atomic mass is 10.1. The minimum Gasteiger partial charge on any atom is -0.328 e. The van der Waals surface area contributed by atoms with Crippen molar-refractivity contribution in [1.82, 2.24) is 0 Å². The molecule has 0 aromatic carbocycles. The molecule has 0 aliphatic carbocycles. The predicted octanol–water partition coefficient (Wildman–Crippen LogP) is 3.43. The third kappa shape index (κ3) is 7.65. The summed E-state index contributed by atoms with van der Waals surface area (Å²) in [6.45, 7) is 4.77. The maximum atomic E-state index is 11.0. The Labute approximate surface area is 116 Å². The average molecular weight is 272 g/mol. The van der Waals surface area contributed by atoms with E-state index in [0.29, 0.717) is 6.61 Å². The van der Waals surface area contributed by atoms with E-state index in [2.05, 4.69) is 6.92 Å². The summed E-state index contributed by atoms with van der Waals surface area (Å²) >= 11 is 0. The number of ketones is 1. The first-order valence-corrected chi connectivity index (χ1v) is 7.60. The fourth-order valence-corrected chi connectivity index (χ4v) is 2.08. The van der Waals surface area contributed by atoms with Crippen molar-refractivity contribution in [1.29, 1.82) is 0 Å². The van der Waals surface area contributed by atoms with Gasteiger partial charge < -0.3 is 14.2 Å². The summed E-state index contributed by atoms with van der Waals surface area (Å²) in [5.41, 5.74) is 0. The second-order valence-corrected chi connectivity index (χ2v) is 5.30. The van der Waals surface area contributed by atoms with Crippen LogP contribution in [0.15, 0.2) is 0 Å². The van der Waals surface area contributed by atoms with Gasteiger partial charge in [0.25, 0.3) is 5.97 Å². The molecule has 112 valence electrons. The number of carbonyl (C=O) groups excluding carboxylic acids is 1. The molecule has 0 atom stereocenters. The molecule has 0 N–H and O–H groups in total. The first kappa shape index (κ1) is 16.6. The van der Waals surface area contributed by atoms with E-state index in [4.69, 9.17) is 14.2 Å². The van der Waals surface area contributed by atoms with Gasteiger partial charge in [-0.15, -0.1) is 0 Å². The Hall–Kier alpha value is -0.450. The van der Waals surface area contributed by atoms with E-state index < -0.39 is 5.97 Å². The summed E-state index contributed by atoms with van der Waals surface area (Å²) in [5.74, 6) is -1.05. The average Bonchev–Trinajstić information content (AvgIpc) is 2.41. The van der Waals surface area contributed by atoms with E-state index >= 15 is 0 Å². The topological polar surface area (TPSA) is 44.8 Å². The highest BCUT2D eigenvalue weighted by Gasteiger charge is 2.33. The molecule has 0 aromatic rings. The molecule has 1 aliphatic rings. The van der Waals surface area contributed by atoms with Gasteiger partial charge in [0.2, 0.25) is 0 Å². The molecule has 1 heterocycles. The van der Waals surface area contributed by atoms with E-state index in [9.17, 15) is 4.79 Å². The van der Waals surface area contributed by atoms with E-state index in [1.807, 2.05) is 0 Å². The highest BCUT2D eigenvalue weighted by Crippen LogP contribution is 2.19. The first-order chi connectivity index (χ1) is 9.16. The molecule has 1 aliphatic heterocycles. The Morgan fingerprint density at radius 2 is 1.53 bits per heavy atom. The van der Waals surface area contributed by atoms with Crippen LogP contribution >= 0.6 is 0 Å². The largest absolute Gasteiger partial charge is 0.328 e. The SMILES string of the molecule is CCCCCCCCCCOC1(C)OCC(=O)CO1. The first-order valence-electron chi connectivity index (χ1n) is 7.60. The second-order valence-electron chi connectivity index (χ2n) is 5.30. The number of hydrogen-bond acceptors (Lipinski definition) is 4. The Kier molecular flexibility index (Phi) is 8.26. The van der Waals surface area contributed by atoms with E-state index in [0.717, 1.165) is 6.42 Å². The predicted molar refractivity (Wildman–Crippen MR) is 73.9 cm³/mol. The Balaban J connectivity index is 1.91. The third-order valence-corrected chi connectivity index (χ3v) is 3.35. The van der Waals surface area contributed by atoms with Crippen LogP contribution in [0.5, 0.6) is 0 Å². The smallest absolute Gasteiger partial charge is 0.280 e. The van der Waals surface area contributed by atoms with Gasteiger partial charge in [-0.3, -0.25) is 4.79 Å². The molecule has 4 heteroatoms. The van der Waals surface area contributed by atoms with Crippen molar-refractivity contribution in [2.45, 2.75) is 71.2 Å². The summed E-state index contributed by atoms with van der Waals surface area (Å²) in [5, 5.41) is 0. The molecule has 0 spiro atoms. The van der Waals surface area contributed by atoms with Crippen LogP contribution in [0.25, 0.3) is 0 Å². The van der Waals surface area contributed by atoms with Gasteiger partial charge in [0.15, 0.2) is 5.78 Å². The maximum absolute atomic E-state index is 11.0. The van der Waals surface area contributed by atoms with Crippen molar-refractivity contribution in [2.24, 2.45) is 0 Å². The molecule has 1 saturated heterocycles. The van der Waals surface area contributed by atoms with Crippen LogP contribution in [0.1, 0.15) is 65.2 Å². The monoisotopic (exact) mass is 272 g/mol. The number of carbonyl (C=O) groups is 1. The summed E-state index contributed by atoms with van der Waals surface area (Å²) in [4.78, 5) is 11.0. The summed E-state index contributed by atoms with van der Waals surface area (Å²) in [6, 6.07) is 0. The lowest BCUT2D eigenvalue weighted by molar-refractivity contribution is -0.376. The van der Waals surface area contributed by atoms with Crippen LogP contribution in [0.3, 0.4) is 0 Å². The van der Waals surface area contributed by atoms with Crippen LogP contribution in [-0.2, 0) is 19.0 Å². The third-order valence-electron chi connectivity index (χ3n) is 3.35. The Bertz CT molecular complexity index is 243. The Morgan fingerprint density at radius 1 is 1.00 bits per heavy atom. The fraction of sp³-hybridized carbons (Fsp3) is 0.933. The molecule has 0 amide bonds. The minimum atomic E-state index is -1.02. The van der Waals surface area contributed by atoms with Crippen molar-refractivity contribution in [3.05, 3.63) is 0 Å². The van der Waals surface area contributed by atoms with E-state index in [1.165, 1.54) is 44.9 Å². The van der Waals surface area contributed by atoms with Crippen LogP contribution in [-0.4, -0.2) is 31.6 Å². The molecule has 1 rings (SSSR count). The normalized spacial score (nSPS) is 18.7. The van der Waals surface area contributed by atoms with Gasteiger partial charge in [0, 0.05) is 6.92 Å². The van der Waals surface area contributed by atoms with Crippen LogP contribution in [0.4, 0.5) is 0 Å². The van der Waals surface area contributed by atoms with Crippen molar-refractivity contribution in [3.8, 4) is 0 Å². The highest BCUT2D eigenvalue weighted by molar-refractivity contribution is 5.81. The number of hydrogen-bond donors (Lipinski definition) is 0. The fourth-order valence-electron chi connectivity index (χ4n) is 2.08. The quantitative estimate of drug-likeness (QED) is 0.571. The van der Waals surface area contributed by atoms with Crippen molar-refractivity contribution in [2.75, 3.05) is 19.8 Å². The van der Waals surface area contributed by atoms with Gasteiger partial charge in [0.1, 0.15) is 13.2 Å². The van der Waals surface area contributed by atoms with Crippen LogP contribution < -0.4 is 0 Å². The van der Waals surface area contributed by atoms with Crippen molar-refractivity contribution in [3.63, 3.8) is 0 Å². The molecule has 4 nitrogen and oxygen atoms in total. The molecule has 1 fully saturated rings. The minimum absolute atomic E-state index is 0.0341. The van der Waals surface area contributed by atoms with Crippen molar-refractivity contribution >= 4 is 5.78 Å². The second kappa shape index (κ2) is 9.45. The van der Waals surface area contributed by atoms with Crippen molar-refractivity contribution < 1.29 is 19.0 Å². The molecular formula is C15H28O4. The summed E-state index contributed by atoms with van der Waals surface area (Å²) in [6.07, 6.45) is 10.2. The highest BCUT2D eigenvalue weighted by atomic mass is 16.9. The zero-order valence-corrected chi connectivity index (χ0v) is 12.4. The Morgan fingerprint density at radius 3 is 2.11 bits per heavy atom. The zero-order chi connectivity index (χ0) is 14.0. The van der Waals surface area contributed by atoms with Crippen LogP contribution in [0.2, 0.25) is 0 Å². The molecule has 0 aromatic heterocycles. The van der Waals surface area contributed by atoms with Gasteiger partial charge in [-0.25, -0.2) is 0 Å². The molecule has 0 bridgehead atoms. The number of unbranched alkanes of at least 4 members (excludes halogenated alkanes) is 7.